The summed E-state index contributed by atoms with van der Waals surface area (Å²) < 4.78 is 26.8. The molecule has 2 aromatic rings. The Morgan fingerprint density at radius 3 is 2.47 bits per heavy atom. The molecule has 0 heterocycles. The van der Waals surface area contributed by atoms with Gasteiger partial charge in [-0.2, -0.15) is 0 Å². The van der Waals surface area contributed by atoms with Crippen LogP contribution < -0.4 is 10.5 Å². The molecule has 4 nitrogen and oxygen atoms in total. The molecule has 0 spiro atoms. The first-order valence-corrected chi connectivity index (χ1v) is 7.44. The van der Waals surface area contributed by atoms with Crippen LogP contribution in [0, 0.1) is 0 Å². The number of nitrogens with one attached hydrogen (secondary N) is 1. The fourth-order valence-corrected chi connectivity index (χ4v) is 3.00. The molecule has 0 aromatic heterocycles. The van der Waals surface area contributed by atoms with Crippen LogP contribution in [0.4, 0.5) is 5.69 Å². The van der Waals surface area contributed by atoms with E-state index >= 15 is 0 Å². The third-order valence-electron chi connectivity index (χ3n) is 2.57. The lowest BCUT2D eigenvalue weighted by molar-refractivity contribution is 0.582. The molecule has 0 saturated carbocycles. The van der Waals surface area contributed by atoms with Crippen LogP contribution in [0.15, 0.2) is 53.4 Å². The van der Waals surface area contributed by atoms with Crippen molar-refractivity contribution in [2.75, 3.05) is 5.73 Å². The molecule has 19 heavy (non-hydrogen) atoms. The van der Waals surface area contributed by atoms with Gasteiger partial charge in [-0.25, -0.2) is 13.1 Å². The predicted octanol–water partition coefficient (Wildman–Crippen LogP) is 2.40. The van der Waals surface area contributed by atoms with E-state index in [4.69, 9.17) is 17.3 Å². The molecule has 0 aliphatic carbocycles. The van der Waals surface area contributed by atoms with Gasteiger partial charge in [0.2, 0.25) is 10.0 Å². The molecule has 2 rings (SSSR count). The van der Waals surface area contributed by atoms with Crippen molar-refractivity contribution < 1.29 is 8.42 Å². The summed E-state index contributed by atoms with van der Waals surface area (Å²) in [5.41, 5.74) is 6.71. The van der Waals surface area contributed by atoms with Gasteiger partial charge >= 0.3 is 0 Å². The predicted molar refractivity (Wildman–Crippen MR) is 76.3 cm³/mol. The summed E-state index contributed by atoms with van der Waals surface area (Å²) in [5, 5.41) is 0.328. The zero-order valence-electron chi connectivity index (χ0n) is 10.0. The van der Waals surface area contributed by atoms with E-state index in [1.807, 2.05) is 30.3 Å². The van der Waals surface area contributed by atoms with Crippen molar-refractivity contribution in [3.63, 3.8) is 0 Å². The molecule has 3 N–H and O–H groups in total. The maximum absolute atomic E-state index is 12.1. The van der Waals surface area contributed by atoms with Crippen LogP contribution in [0.1, 0.15) is 5.56 Å². The number of benzene rings is 2. The number of sulfonamides is 1. The molecule has 0 radical (unpaired) electrons. The van der Waals surface area contributed by atoms with Crippen LogP contribution >= 0.6 is 11.6 Å². The summed E-state index contributed by atoms with van der Waals surface area (Å²) in [7, 11) is -3.67. The summed E-state index contributed by atoms with van der Waals surface area (Å²) in [4.78, 5) is -0.00377. The van der Waals surface area contributed by atoms with Crippen molar-refractivity contribution in [2.45, 2.75) is 11.4 Å². The second-order valence-electron chi connectivity index (χ2n) is 3.99. The third-order valence-corrected chi connectivity index (χ3v) is 4.27. The zero-order chi connectivity index (χ0) is 13.9. The first kappa shape index (κ1) is 13.9. The van der Waals surface area contributed by atoms with Crippen LogP contribution in [0.2, 0.25) is 5.02 Å². The number of hydrogen-bond donors (Lipinski definition) is 2. The van der Waals surface area contributed by atoms with E-state index in [0.717, 1.165) is 5.56 Å². The maximum Gasteiger partial charge on any atom is 0.242 e. The Hall–Kier alpha value is -1.56. The molecule has 0 aliphatic heterocycles. The van der Waals surface area contributed by atoms with E-state index in [0.29, 0.717) is 5.02 Å². The van der Waals surface area contributed by atoms with Gasteiger partial charge in [-0.05, 0) is 23.8 Å². The Kier molecular flexibility index (Phi) is 4.09. The maximum atomic E-state index is 12.1. The van der Waals surface area contributed by atoms with Crippen LogP contribution in [0.3, 0.4) is 0 Å². The molecule has 0 aliphatic rings. The molecule has 0 saturated heterocycles. The van der Waals surface area contributed by atoms with Gasteiger partial charge in [0.1, 0.15) is 4.90 Å². The second-order valence-corrected chi connectivity index (χ2v) is 6.16. The number of anilines is 1. The fraction of sp³-hybridized carbons (Fsp3) is 0.0769. The number of nitrogen functional groups attached to an aromatic ring is 1. The van der Waals surface area contributed by atoms with Crippen LogP contribution in [-0.4, -0.2) is 8.42 Å². The van der Waals surface area contributed by atoms with Crippen molar-refractivity contribution in [2.24, 2.45) is 0 Å². The van der Waals surface area contributed by atoms with E-state index in [2.05, 4.69) is 4.72 Å². The minimum absolute atomic E-state index is 0.00377. The van der Waals surface area contributed by atoms with Crippen LogP contribution in [0.25, 0.3) is 0 Å². The number of nitrogens with two attached hydrogens (primary N) is 1. The highest BCUT2D eigenvalue weighted by atomic mass is 35.5. The summed E-state index contributed by atoms with van der Waals surface area (Å²) in [6, 6.07) is 13.6. The van der Waals surface area contributed by atoms with Gasteiger partial charge in [0.05, 0.1) is 5.69 Å². The summed E-state index contributed by atoms with van der Waals surface area (Å²) in [6.45, 7) is 0.203. The third kappa shape index (κ3) is 3.47. The van der Waals surface area contributed by atoms with Crippen LogP contribution in [0.5, 0.6) is 0 Å². The Bertz CT molecular complexity index is 672. The first-order valence-electron chi connectivity index (χ1n) is 5.58. The van der Waals surface area contributed by atoms with Crippen molar-refractivity contribution in [1.29, 1.82) is 0 Å². The number of halogens is 1. The van der Waals surface area contributed by atoms with Gasteiger partial charge in [-0.1, -0.05) is 41.9 Å². The summed E-state index contributed by atoms with van der Waals surface area (Å²) >= 11 is 5.79. The van der Waals surface area contributed by atoms with Gasteiger partial charge < -0.3 is 5.73 Å². The summed E-state index contributed by atoms with van der Waals surface area (Å²) in [5.74, 6) is 0. The molecule has 6 heteroatoms. The van der Waals surface area contributed by atoms with Gasteiger partial charge in [0.15, 0.2) is 0 Å². The summed E-state index contributed by atoms with van der Waals surface area (Å²) in [6.07, 6.45) is 0. The van der Waals surface area contributed by atoms with E-state index in [-0.39, 0.29) is 17.1 Å². The largest absolute Gasteiger partial charge is 0.398 e. The Morgan fingerprint density at radius 1 is 1.11 bits per heavy atom. The van der Waals surface area contributed by atoms with Gasteiger partial charge in [-0.15, -0.1) is 0 Å². The number of hydrogen-bond acceptors (Lipinski definition) is 3. The highest BCUT2D eigenvalue weighted by Gasteiger charge is 2.17. The SMILES string of the molecule is Nc1ccc(Cl)cc1S(=O)(=O)NCc1ccccc1. The van der Waals surface area contributed by atoms with Crippen LogP contribution in [-0.2, 0) is 16.6 Å². The smallest absolute Gasteiger partial charge is 0.242 e. The Labute approximate surface area is 117 Å². The lowest BCUT2D eigenvalue weighted by Crippen LogP contribution is -2.24. The molecule has 0 atom stereocenters. The number of rotatable bonds is 4. The van der Waals surface area contributed by atoms with E-state index in [1.54, 1.807) is 6.07 Å². The minimum atomic E-state index is -3.67. The van der Waals surface area contributed by atoms with Crippen molar-refractivity contribution in [3.05, 3.63) is 59.1 Å². The second kappa shape index (κ2) is 5.61. The lowest BCUT2D eigenvalue weighted by Gasteiger charge is -2.09. The quantitative estimate of drug-likeness (QED) is 0.851. The topological polar surface area (TPSA) is 72.2 Å². The average molecular weight is 297 g/mol. The highest BCUT2D eigenvalue weighted by Crippen LogP contribution is 2.22. The molecule has 2 aromatic carbocycles. The molecule has 0 fully saturated rings. The van der Waals surface area contributed by atoms with E-state index in [1.165, 1.54) is 12.1 Å². The molecular weight excluding hydrogens is 284 g/mol. The van der Waals surface area contributed by atoms with Gasteiger partial charge in [0.25, 0.3) is 0 Å². The normalized spacial score (nSPS) is 11.4. The highest BCUT2D eigenvalue weighted by molar-refractivity contribution is 7.89. The monoisotopic (exact) mass is 296 g/mol. The van der Waals surface area contributed by atoms with Crippen molar-refractivity contribution in [3.8, 4) is 0 Å². The van der Waals surface area contributed by atoms with Crippen molar-refractivity contribution >= 4 is 27.3 Å². The van der Waals surface area contributed by atoms with Gasteiger partial charge in [-0.3, -0.25) is 0 Å². The van der Waals surface area contributed by atoms with Gasteiger partial charge in [0, 0.05) is 11.6 Å². The van der Waals surface area contributed by atoms with E-state index in [9.17, 15) is 8.42 Å². The molecule has 0 unspecified atom stereocenters. The minimum Gasteiger partial charge on any atom is -0.398 e. The average Bonchev–Trinajstić information content (AvgIpc) is 2.40. The molecule has 100 valence electrons. The fourth-order valence-electron chi connectivity index (χ4n) is 1.59. The van der Waals surface area contributed by atoms with Crippen molar-refractivity contribution in [1.82, 2.24) is 4.72 Å². The molecule has 0 bridgehead atoms. The van der Waals surface area contributed by atoms with E-state index < -0.39 is 10.0 Å². The molecular formula is C13H13ClN2O2S. The zero-order valence-corrected chi connectivity index (χ0v) is 11.6. The Morgan fingerprint density at radius 2 is 1.79 bits per heavy atom. The Balaban J connectivity index is 2.21. The standard InChI is InChI=1S/C13H13ClN2O2S/c14-11-6-7-12(15)13(8-11)19(17,18)16-9-10-4-2-1-3-5-10/h1-8,16H,9,15H2. The lowest BCUT2D eigenvalue weighted by atomic mass is 10.2. The molecule has 0 amide bonds. The first-order chi connectivity index (χ1) is 8.99.